The van der Waals surface area contributed by atoms with Crippen LogP contribution >= 0.6 is 0 Å². The van der Waals surface area contributed by atoms with E-state index < -0.39 is 6.10 Å². The van der Waals surface area contributed by atoms with E-state index in [1.807, 2.05) is 12.1 Å². The van der Waals surface area contributed by atoms with E-state index in [-0.39, 0.29) is 6.04 Å². The van der Waals surface area contributed by atoms with Crippen LogP contribution in [0.15, 0.2) is 41.1 Å². The zero-order valence-corrected chi connectivity index (χ0v) is 13.1. The number of nitriles is 1. The summed E-state index contributed by atoms with van der Waals surface area (Å²) in [5, 5.41) is 19.3. The maximum Gasteiger partial charge on any atom is 0.132 e. The van der Waals surface area contributed by atoms with E-state index >= 15 is 0 Å². The number of aromatic nitrogens is 1. The standard InChI is InChI=1S/C18H21N3O2/c19-12-14-7-8-18(20-13-14)21-9-3-1-2-5-15(21)11-16(22)17-6-4-10-23-17/h4,6-8,10,13,15-16,22H,1-3,5,9,11H2/t15-,16-/m1/s1. The van der Waals surface area contributed by atoms with Gasteiger partial charge in [-0.05, 0) is 37.1 Å². The van der Waals surface area contributed by atoms with Crippen molar-refractivity contribution in [2.75, 3.05) is 11.4 Å². The van der Waals surface area contributed by atoms with Gasteiger partial charge >= 0.3 is 0 Å². The molecule has 0 aromatic carbocycles. The SMILES string of the molecule is N#Cc1ccc(N2CCCCC[C@@H]2C[C@@H](O)c2ccco2)nc1. The summed E-state index contributed by atoms with van der Waals surface area (Å²) in [6.07, 6.45) is 7.71. The van der Waals surface area contributed by atoms with Crippen LogP contribution in [0, 0.1) is 11.3 Å². The van der Waals surface area contributed by atoms with Crippen LogP contribution in [0.1, 0.15) is 49.5 Å². The summed E-state index contributed by atoms with van der Waals surface area (Å²) in [5.41, 5.74) is 0.566. The maximum absolute atomic E-state index is 10.4. The van der Waals surface area contributed by atoms with Gasteiger partial charge < -0.3 is 14.4 Å². The molecule has 0 bridgehead atoms. The topological polar surface area (TPSA) is 73.3 Å². The third-order valence-electron chi connectivity index (χ3n) is 4.42. The smallest absolute Gasteiger partial charge is 0.132 e. The summed E-state index contributed by atoms with van der Waals surface area (Å²) < 4.78 is 5.32. The average Bonchev–Trinajstić information content (AvgIpc) is 3.03. The van der Waals surface area contributed by atoms with Crippen molar-refractivity contribution in [1.82, 2.24) is 4.98 Å². The predicted molar refractivity (Wildman–Crippen MR) is 86.8 cm³/mol. The quantitative estimate of drug-likeness (QED) is 0.936. The Balaban J connectivity index is 1.78. The molecule has 1 aliphatic rings. The van der Waals surface area contributed by atoms with E-state index in [0.717, 1.165) is 31.6 Å². The average molecular weight is 311 g/mol. The molecule has 1 N–H and O–H groups in total. The fourth-order valence-corrected chi connectivity index (χ4v) is 3.20. The van der Waals surface area contributed by atoms with Gasteiger partial charge in [-0.15, -0.1) is 0 Å². The largest absolute Gasteiger partial charge is 0.467 e. The van der Waals surface area contributed by atoms with E-state index in [2.05, 4.69) is 16.0 Å². The molecule has 3 rings (SSSR count). The highest BCUT2D eigenvalue weighted by molar-refractivity contribution is 5.43. The van der Waals surface area contributed by atoms with Gasteiger partial charge in [0.15, 0.2) is 0 Å². The van der Waals surface area contributed by atoms with Crippen LogP contribution in [0.3, 0.4) is 0 Å². The van der Waals surface area contributed by atoms with E-state index in [1.54, 1.807) is 24.6 Å². The zero-order valence-electron chi connectivity index (χ0n) is 13.1. The summed E-state index contributed by atoms with van der Waals surface area (Å²) in [4.78, 5) is 6.70. The van der Waals surface area contributed by atoms with Crippen molar-refractivity contribution in [2.45, 2.75) is 44.2 Å². The molecule has 0 saturated carbocycles. The second kappa shape index (κ2) is 7.30. The summed E-state index contributed by atoms with van der Waals surface area (Å²) in [5.74, 6) is 1.49. The number of rotatable bonds is 4. The fraction of sp³-hybridized carbons (Fsp3) is 0.444. The van der Waals surface area contributed by atoms with Crippen LogP contribution in [0.4, 0.5) is 5.82 Å². The summed E-state index contributed by atoms with van der Waals surface area (Å²) >= 11 is 0. The highest BCUT2D eigenvalue weighted by Gasteiger charge is 2.26. The fourth-order valence-electron chi connectivity index (χ4n) is 3.20. The van der Waals surface area contributed by atoms with Crippen LogP contribution in [-0.4, -0.2) is 22.7 Å². The Kier molecular flexibility index (Phi) is 4.94. The highest BCUT2D eigenvalue weighted by atomic mass is 16.4. The van der Waals surface area contributed by atoms with Gasteiger partial charge in [-0.25, -0.2) is 4.98 Å². The molecule has 1 saturated heterocycles. The lowest BCUT2D eigenvalue weighted by molar-refractivity contribution is 0.129. The molecular formula is C18H21N3O2. The second-order valence-corrected chi connectivity index (χ2v) is 5.98. The lowest BCUT2D eigenvalue weighted by Crippen LogP contribution is -2.36. The number of furan rings is 1. The Bertz CT molecular complexity index is 646. The zero-order chi connectivity index (χ0) is 16.1. The van der Waals surface area contributed by atoms with Crippen molar-refractivity contribution >= 4 is 5.82 Å². The van der Waals surface area contributed by atoms with Gasteiger partial charge in [0.05, 0.1) is 11.8 Å². The molecule has 0 spiro atoms. The van der Waals surface area contributed by atoms with Gasteiger partial charge in [0.25, 0.3) is 0 Å². The molecule has 1 aliphatic heterocycles. The number of pyridine rings is 1. The van der Waals surface area contributed by atoms with Gasteiger partial charge in [-0.2, -0.15) is 5.26 Å². The minimum atomic E-state index is -0.603. The number of hydrogen-bond donors (Lipinski definition) is 1. The van der Waals surface area contributed by atoms with Crippen LogP contribution in [0.25, 0.3) is 0 Å². The molecule has 23 heavy (non-hydrogen) atoms. The van der Waals surface area contributed by atoms with E-state index in [9.17, 15) is 5.11 Å². The first kappa shape index (κ1) is 15.6. The molecule has 1 fully saturated rings. The Hall–Kier alpha value is -2.32. The van der Waals surface area contributed by atoms with Gasteiger partial charge in [0, 0.05) is 25.2 Å². The third-order valence-corrected chi connectivity index (χ3v) is 4.42. The molecule has 5 heteroatoms. The Morgan fingerprint density at radius 2 is 2.26 bits per heavy atom. The normalized spacial score (nSPS) is 19.8. The Labute approximate surface area is 136 Å². The molecule has 5 nitrogen and oxygen atoms in total. The summed E-state index contributed by atoms with van der Waals surface area (Å²) in [6, 6.07) is 9.62. The monoisotopic (exact) mass is 311 g/mol. The van der Waals surface area contributed by atoms with E-state index in [4.69, 9.17) is 9.68 Å². The summed E-state index contributed by atoms with van der Waals surface area (Å²) in [6.45, 7) is 0.925. The molecule has 2 aromatic heterocycles. The molecule has 0 amide bonds. The lowest BCUT2D eigenvalue weighted by atomic mass is 10.0. The van der Waals surface area contributed by atoms with E-state index in [1.165, 1.54) is 6.42 Å². The molecule has 2 atom stereocenters. The van der Waals surface area contributed by atoms with E-state index in [0.29, 0.717) is 17.7 Å². The number of aliphatic hydroxyl groups excluding tert-OH is 1. The lowest BCUT2D eigenvalue weighted by Gasteiger charge is -2.32. The van der Waals surface area contributed by atoms with Crippen molar-refractivity contribution in [1.29, 1.82) is 5.26 Å². The Morgan fingerprint density at radius 3 is 2.96 bits per heavy atom. The number of anilines is 1. The van der Waals surface area contributed by atoms with Gasteiger partial charge in [0.1, 0.15) is 23.8 Å². The van der Waals surface area contributed by atoms with Crippen molar-refractivity contribution in [3.05, 3.63) is 48.0 Å². The first-order valence-corrected chi connectivity index (χ1v) is 8.12. The van der Waals surface area contributed by atoms with Crippen molar-refractivity contribution in [2.24, 2.45) is 0 Å². The van der Waals surface area contributed by atoms with Crippen LogP contribution < -0.4 is 4.90 Å². The first-order chi connectivity index (χ1) is 11.3. The second-order valence-electron chi connectivity index (χ2n) is 5.98. The van der Waals surface area contributed by atoms with Gasteiger partial charge in [-0.3, -0.25) is 0 Å². The van der Waals surface area contributed by atoms with Crippen molar-refractivity contribution in [3.63, 3.8) is 0 Å². The van der Waals surface area contributed by atoms with Crippen molar-refractivity contribution < 1.29 is 9.52 Å². The number of nitrogens with zero attached hydrogens (tertiary/aromatic N) is 3. The maximum atomic E-state index is 10.4. The van der Waals surface area contributed by atoms with Crippen LogP contribution in [-0.2, 0) is 0 Å². The predicted octanol–water partition coefficient (Wildman–Crippen LogP) is 3.42. The van der Waals surface area contributed by atoms with Crippen LogP contribution in [0.5, 0.6) is 0 Å². The molecular weight excluding hydrogens is 290 g/mol. The molecule has 0 unspecified atom stereocenters. The first-order valence-electron chi connectivity index (χ1n) is 8.12. The van der Waals surface area contributed by atoms with Crippen molar-refractivity contribution in [3.8, 4) is 6.07 Å². The molecule has 0 radical (unpaired) electrons. The minimum absolute atomic E-state index is 0.220. The summed E-state index contributed by atoms with van der Waals surface area (Å²) in [7, 11) is 0. The van der Waals surface area contributed by atoms with Gasteiger partial charge in [0.2, 0.25) is 0 Å². The highest BCUT2D eigenvalue weighted by Crippen LogP contribution is 2.29. The Morgan fingerprint density at radius 1 is 1.35 bits per heavy atom. The molecule has 0 aliphatic carbocycles. The van der Waals surface area contributed by atoms with Gasteiger partial charge in [-0.1, -0.05) is 12.8 Å². The third kappa shape index (κ3) is 3.72. The minimum Gasteiger partial charge on any atom is -0.467 e. The number of hydrogen-bond acceptors (Lipinski definition) is 5. The number of aliphatic hydroxyl groups is 1. The molecule has 2 aromatic rings. The molecule has 120 valence electrons. The molecule has 3 heterocycles. The van der Waals surface area contributed by atoms with Crippen LogP contribution in [0.2, 0.25) is 0 Å².